The molecule has 0 saturated heterocycles. The van der Waals surface area contributed by atoms with Gasteiger partial charge < -0.3 is 10.8 Å². The first-order valence-electron chi connectivity index (χ1n) is 9.91. The van der Waals surface area contributed by atoms with Gasteiger partial charge in [-0.15, -0.1) is 0 Å². The summed E-state index contributed by atoms with van der Waals surface area (Å²) >= 11 is 3.17. The average molecular weight is 506 g/mol. The zero-order valence-electron chi connectivity index (χ0n) is 17.3. The lowest BCUT2D eigenvalue weighted by Gasteiger charge is -2.22. The smallest absolute Gasteiger partial charge is 0.168 e. The number of rotatable bonds is 9. The largest absolute Gasteiger partial charge is 0.390 e. The Bertz CT molecular complexity index is 1120. The van der Waals surface area contributed by atoms with E-state index in [0.717, 1.165) is 0 Å². The normalized spacial score (nSPS) is 13.0. The van der Waals surface area contributed by atoms with Crippen LogP contribution in [-0.2, 0) is 0 Å². The van der Waals surface area contributed by atoms with Crippen molar-refractivity contribution in [1.29, 1.82) is 0 Å². The van der Waals surface area contributed by atoms with Crippen LogP contribution in [0, 0.1) is 11.6 Å². The minimum absolute atomic E-state index is 0.0239. The van der Waals surface area contributed by atoms with Gasteiger partial charge in [-0.3, -0.25) is 9.59 Å². The number of aromatic nitrogens is 2. The number of ketones is 2. The fourth-order valence-electron chi connectivity index (χ4n) is 3.28. The van der Waals surface area contributed by atoms with E-state index in [0.29, 0.717) is 10.2 Å². The summed E-state index contributed by atoms with van der Waals surface area (Å²) in [5, 5.41) is 14.7. The molecule has 3 rings (SSSR count). The Labute approximate surface area is 192 Å². The van der Waals surface area contributed by atoms with Crippen LogP contribution in [0.3, 0.4) is 0 Å². The second-order valence-corrected chi connectivity index (χ2v) is 8.63. The van der Waals surface area contributed by atoms with Gasteiger partial charge in [0.25, 0.3) is 0 Å². The maximum Gasteiger partial charge on any atom is 0.168 e. The van der Waals surface area contributed by atoms with E-state index in [1.807, 2.05) is 0 Å². The second kappa shape index (κ2) is 9.70. The third-order valence-corrected chi connectivity index (χ3v) is 5.86. The number of nitrogens with zero attached hydrogens (tertiary/aromatic N) is 2. The molecule has 0 aliphatic rings. The van der Waals surface area contributed by atoms with Crippen LogP contribution < -0.4 is 5.73 Å². The van der Waals surface area contributed by atoms with E-state index >= 15 is 0 Å². The van der Waals surface area contributed by atoms with E-state index in [-0.39, 0.29) is 48.4 Å². The highest BCUT2D eigenvalue weighted by molar-refractivity contribution is 9.10. The molecule has 168 valence electrons. The number of hydrogen-bond donors (Lipinski definition) is 2. The summed E-state index contributed by atoms with van der Waals surface area (Å²) in [5.74, 6) is -1.68. The van der Waals surface area contributed by atoms with Crippen LogP contribution in [-0.4, -0.2) is 32.1 Å². The molecule has 32 heavy (non-hydrogen) atoms. The third kappa shape index (κ3) is 5.46. The molecule has 0 aliphatic heterocycles. The van der Waals surface area contributed by atoms with Crippen molar-refractivity contribution in [2.24, 2.45) is 0 Å². The van der Waals surface area contributed by atoms with Crippen molar-refractivity contribution in [3.63, 3.8) is 0 Å². The Morgan fingerprint density at radius 1 is 1.09 bits per heavy atom. The molecule has 0 fully saturated rings. The number of anilines is 1. The Hall–Kier alpha value is -2.91. The zero-order valence-corrected chi connectivity index (χ0v) is 18.9. The lowest BCUT2D eigenvalue weighted by atomic mass is 9.90. The van der Waals surface area contributed by atoms with Gasteiger partial charge in [-0.1, -0.05) is 6.07 Å². The molecule has 0 radical (unpaired) electrons. The van der Waals surface area contributed by atoms with Gasteiger partial charge in [-0.25, -0.2) is 13.5 Å². The van der Waals surface area contributed by atoms with Crippen molar-refractivity contribution < 1.29 is 23.5 Å². The highest BCUT2D eigenvalue weighted by Crippen LogP contribution is 2.26. The summed E-state index contributed by atoms with van der Waals surface area (Å²) in [6.07, 6.45) is 1.37. The quantitative estimate of drug-likeness (QED) is 0.404. The minimum Gasteiger partial charge on any atom is -0.390 e. The molecular weight excluding hydrogens is 484 g/mol. The molecule has 9 heteroatoms. The molecule has 0 aliphatic carbocycles. The molecular formula is C23H22BrF2N3O3. The van der Waals surface area contributed by atoms with Crippen LogP contribution in [0.4, 0.5) is 14.6 Å². The number of nitrogens with two attached hydrogens (primary N) is 1. The van der Waals surface area contributed by atoms with Gasteiger partial charge in [0.15, 0.2) is 11.6 Å². The Kier molecular flexibility index (Phi) is 7.20. The lowest BCUT2D eigenvalue weighted by Crippen LogP contribution is -2.26. The zero-order chi connectivity index (χ0) is 23.5. The maximum atomic E-state index is 13.9. The van der Waals surface area contributed by atoms with Crippen LogP contribution in [0.25, 0.3) is 5.69 Å². The molecule has 3 N–H and O–H groups in total. The van der Waals surface area contributed by atoms with Crippen molar-refractivity contribution in [2.45, 2.75) is 38.2 Å². The van der Waals surface area contributed by atoms with Crippen molar-refractivity contribution in [3.8, 4) is 5.69 Å². The molecule has 1 aromatic heterocycles. The second-order valence-electron chi connectivity index (χ2n) is 7.77. The predicted octanol–water partition coefficient (Wildman–Crippen LogP) is 4.87. The topological polar surface area (TPSA) is 98.2 Å². The van der Waals surface area contributed by atoms with Gasteiger partial charge in [0.1, 0.15) is 17.5 Å². The summed E-state index contributed by atoms with van der Waals surface area (Å²) in [6.45, 7) is 1.52. The van der Waals surface area contributed by atoms with Gasteiger partial charge in [-0.05, 0) is 72.1 Å². The lowest BCUT2D eigenvalue weighted by molar-refractivity contribution is 0.0359. The number of Topliss-reactive ketones (excluding diaryl/α,β-unsaturated/α-hetero) is 2. The highest BCUT2D eigenvalue weighted by Gasteiger charge is 2.26. The van der Waals surface area contributed by atoms with E-state index in [4.69, 9.17) is 5.73 Å². The van der Waals surface area contributed by atoms with Gasteiger partial charge >= 0.3 is 0 Å². The van der Waals surface area contributed by atoms with Crippen molar-refractivity contribution in [1.82, 2.24) is 9.78 Å². The first-order valence-corrected chi connectivity index (χ1v) is 10.7. The van der Waals surface area contributed by atoms with Crippen LogP contribution in [0.15, 0.2) is 53.1 Å². The summed E-state index contributed by atoms with van der Waals surface area (Å²) in [5.41, 5.74) is 5.37. The number of aliphatic hydroxyl groups is 1. The molecule has 3 aromatic rings. The van der Waals surface area contributed by atoms with Crippen LogP contribution in [0.1, 0.15) is 53.3 Å². The van der Waals surface area contributed by atoms with E-state index in [2.05, 4.69) is 21.0 Å². The van der Waals surface area contributed by atoms with Gasteiger partial charge in [-0.2, -0.15) is 5.10 Å². The average Bonchev–Trinajstić information content (AvgIpc) is 3.12. The van der Waals surface area contributed by atoms with Crippen LogP contribution in [0.2, 0.25) is 0 Å². The highest BCUT2D eigenvalue weighted by atomic mass is 79.9. The summed E-state index contributed by atoms with van der Waals surface area (Å²) in [4.78, 5) is 25.0. The fourth-order valence-corrected chi connectivity index (χ4v) is 3.84. The first kappa shape index (κ1) is 23.7. The Balaban J connectivity index is 1.60. The summed E-state index contributed by atoms with van der Waals surface area (Å²) in [7, 11) is 0. The fraction of sp³-hybridized carbons (Fsp3) is 0.261. The Morgan fingerprint density at radius 2 is 1.72 bits per heavy atom. The van der Waals surface area contributed by atoms with Crippen LogP contribution >= 0.6 is 15.9 Å². The van der Waals surface area contributed by atoms with E-state index in [9.17, 15) is 23.5 Å². The van der Waals surface area contributed by atoms with Crippen molar-refractivity contribution in [2.75, 3.05) is 5.73 Å². The van der Waals surface area contributed by atoms with Gasteiger partial charge in [0.2, 0.25) is 0 Å². The maximum absolute atomic E-state index is 13.9. The van der Waals surface area contributed by atoms with Crippen LogP contribution in [0.5, 0.6) is 0 Å². The number of carbonyl (C=O) groups excluding carboxylic acids is 2. The molecule has 2 aromatic carbocycles. The number of nitrogen functional groups attached to an aromatic ring is 1. The molecule has 1 atom stereocenters. The molecule has 0 bridgehead atoms. The molecule has 0 saturated carbocycles. The van der Waals surface area contributed by atoms with E-state index in [1.54, 1.807) is 6.07 Å². The summed E-state index contributed by atoms with van der Waals surface area (Å²) in [6, 6.07) is 9.76. The first-order chi connectivity index (χ1) is 15.1. The number of carbonyl (C=O) groups is 2. The molecule has 1 heterocycles. The molecule has 6 nitrogen and oxygen atoms in total. The monoisotopic (exact) mass is 505 g/mol. The SMILES string of the molecule is CC(O)(CCC(=O)c1cnn(-c2ccc(F)cc2)c1N)CCC(=O)c1c(F)cccc1Br. The standard InChI is InChI=1S/C23H22BrF2N3O3/c1-23(32,12-10-20(31)21-17(24)3-2-4-18(21)26)11-9-19(30)16-13-28-29(22(16)27)15-7-5-14(25)6-8-15/h2-8,13,32H,9-12,27H2,1H3. The van der Waals surface area contributed by atoms with Gasteiger partial charge in [0.05, 0.1) is 28.6 Å². The number of benzene rings is 2. The van der Waals surface area contributed by atoms with Crippen molar-refractivity contribution >= 4 is 33.3 Å². The van der Waals surface area contributed by atoms with E-state index < -0.39 is 23.0 Å². The minimum atomic E-state index is -1.31. The molecule has 0 amide bonds. The molecule has 0 spiro atoms. The number of hydrogen-bond acceptors (Lipinski definition) is 5. The van der Waals surface area contributed by atoms with E-state index in [1.165, 1.54) is 54.2 Å². The van der Waals surface area contributed by atoms with Crippen molar-refractivity contribution in [3.05, 3.63) is 75.9 Å². The Morgan fingerprint density at radius 3 is 2.34 bits per heavy atom. The summed E-state index contributed by atoms with van der Waals surface area (Å²) < 4.78 is 28.7. The number of halogens is 3. The third-order valence-electron chi connectivity index (χ3n) is 5.20. The van der Waals surface area contributed by atoms with Gasteiger partial charge in [0, 0.05) is 17.3 Å². The molecule has 1 unspecified atom stereocenters. The predicted molar refractivity (Wildman–Crippen MR) is 120 cm³/mol.